The Labute approximate surface area is 111 Å². The molecule has 1 amide bonds. The minimum absolute atomic E-state index is 0.0167. The van der Waals surface area contributed by atoms with Gasteiger partial charge in [-0.2, -0.15) is 0 Å². The van der Waals surface area contributed by atoms with Gasteiger partial charge in [-0.3, -0.25) is 4.79 Å². The summed E-state index contributed by atoms with van der Waals surface area (Å²) in [5, 5.41) is 4.22. The molecule has 1 aromatic carbocycles. The zero-order chi connectivity index (χ0) is 13.2. The average molecular weight is 259 g/mol. The second-order valence-corrected chi connectivity index (χ2v) is 4.68. The van der Waals surface area contributed by atoms with E-state index in [1.165, 1.54) is 0 Å². The smallest absolute Gasteiger partial charge is 0.257 e. The Hall–Kier alpha value is -1.85. The van der Waals surface area contributed by atoms with Gasteiger partial charge in [-0.1, -0.05) is 18.2 Å². The van der Waals surface area contributed by atoms with Crippen LogP contribution < -0.4 is 10.2 Å². The van der Waals surface area contributed by atoms with Gasteiger partial charge < -0.3 is 19.9 Å². The van der Waals surface area contributed by atoms with Gasteiger partial charge in [0, 0.05) is 37.2 Å². The number of H-pyrrole nitrogens is 1. The van der Waals surface area contributed by atoms with E-state index in [1.54, 1.807) is 11.9 Å². The van der Waals surface area contributed by atoms with E-state index in [-0.39, 0.29) is 5.91 Å². The van der Waals surface area contributed by atoms with Crippen LogP contribution in [0.3, 0.4) is 0 Å². The van der Waals surface area contributed by atoms with Gasteiger partial charge in [-0.15, -0.1) is 0 Å². The van der Waals surface area contributed by atoms with Crippen molar-refractivity contribution in [3.63, 3.8) is 0 Å². The summed E-state index contributed by atoms with van der Waals surface area (Å²) in [4.78, 5) is 17.2. The quantitative estimate of drug-likeness (QED) is 0.849. The predicted molar refractivity (Wildman–Crippen MR) is 74.3 cm³/mol. The van der Waals surface area contributed by atoms with E-state index in [2.05, 4.69) is 10.3 Å². The Balaban J connectivity index is 1.86. The largest absolute Gasteiger partial charge is 0.366 e. The van der Waals surface area contributed by atoms with Gasteiger partial charge in [0.1, 0.15) is 6.10 Å². The second kappa shape index (κ2) is 5.03. The van der Waals surface area contributed by atoms with Crippen molar-refractivity contribution < 1.29 is 9.53 Å². The molecule has 2 heterocycles. The number of fused-ring (bicyclic) bond motifs is 1. The molecule has 0 bridgehead atoms. The van der Waals surface area contributed by atoms with Crippen molar-refractivity contribution in [2.45, 2.75) is 6.10 Å². The monoisotopic (exact) mass is 259 g/mol. The fourth-order valence-corrected chi connectivity index (χ4v) is 2.39. The number of hydrogen-bond donors (Lipinski definition) is 2. The predicted octanol–water partition coefficient (Wildman–Crippen LogP) is 1.12. The van der Waals surface area contributed by atoms with Crippen LogP contribution in [0.25, 0.3) is 10.9 Å². The number of carbonyl (C=O) groups is 1. The third kappa shape index (κ3) is 2.22. The number of ether oxygens (including phenoxy) is 1. The molecule has 1 saturated heterocycles. The van der Waals surface area contributed by atoms with E-state index in [9.17, 15) is 4.79 Å². The van der Waals surface area contributed by atoms with Crippen molar-refractivity contribution in [3.05, 3.63) is 30.5 Å². The highest BCUT2D eigenvalue weighted by Gasteiger charge is 2.26. The zero-order valence-electron chi connectivity index (χ0n) is 10.8. The number of para-hydroxylation sites is 1. The summed E-state index contributed by atoms with van der Waals surface area (Å²) < 4.78 is 5.51. The van der Waals surface area contributed by atoms with Gasteiger partial charge in [0.05, 0.1) is 12.3 Å². The molecular formula is C14H17N3O2. The van der Waals surface area contributed by atoms with E-state index in [0.29, 0.717) is 13.2 Å². The number of aromatic amines is 1. The Morgan fingerprint density at radius 3 is 3.05 bits per heavy atom. The van der Waals surface area contributed by atoms with Crippen molar-refractivity contribution >= 4 is 22.5 Å². The van der Waals surface area contributed by atoms with Crippen molar-refractivity contribution in [1.82, 2.24) is 10.3 Å². The van der Waals surface area contributed by atoms with E-state index in [4.69, 9.17) is 4.74 Å². The summed E-state index contributed by atoms with van der Waals surface area (Å²) in [7, 11) is 1.79. The van der Waals surface area contributed by atoms with Crippen molar-refractivity contribution in [2.24, 2.45) is 0 Å². The number of carbonyl (C=O) groups excluding carboxylic acids is 1. The van der Waals surface area contributed by atoms with Crippen molar-refractivity contribution in [2.75, 3.05) is 31.6 Å². The number of likely N-dealkylation sites (N-methyl/N-ethyl adjacent to an activating group) is 1. The van der Waals surface area contributed by atoms with Crippen LogP contribution in [0.2, 0.25) is 0 Å². The molecular weight excluding hydrogens is 242 g/mol. The first-order valence-electron chi connectivity index (χ1n) is 6.43. The maximum atomic E-state index is 12.4. The molecule has 0 aliphatic carbocycles. The summed E-state index contributed by atoms with van der Waals surface area (Å²) in [6, 6.07) is 7.94. The highest BCUT2D eigenvalue weighted by atomic mass is 16.5. The van der Waals surface area contributed by atoms with Gasteiger partial charge in [-0.05, 0) is 6.07 Å². The highest BCUT2D eigenvalue weighted by Crippen LogP contribution is 2.26. The van der Waals surface area contributed by atoms with Crippen molar-refractivity contribution in [1.29, 1.82) is 0 Å². The molecule has 0 spiro atoms. The number of nitrogens with zero attached hydrogens (tertiary/aromatic N) is 1. The topological polar surface area (TPSA) is 57.4 Å². The number of benzene rings is 1. The normalized spacial score (nSPS) is 19.5. The minimum Gasteiger partial charge on any atom is -0.366 e. The molecule has 0 saturated carbocycles. The first kappa shape index (κ1) is 12.2. The summed E-state index contributed by atoms with van der Waals surface area (Å²) >= 11 is 0. The van der Waals surface area contributed by atoms with E-state index in [0.717, 1.165) is 23.1 Å². The number of anilines is 1. The molecule has 2 aromatic rings. The molecule has 19 heavy (non-hydrogen) atoms. The molecule has 1 aliphatic rings. The lowest BCUT2D eigenvalue weighted by Gasteiger charge is -2.27. The molecule has 2 N–H and O–H groups in total. The SMILES string of the molecule is CN(C(=O)C1CNCCO1)c1c[nH]c2ccccc12. The molecule has 1 atom stereocenters. The van der Waals surface area contributed by atoms with Gasteiger partial charge in [0.25, 0.3) is 5.91 Å². The maximum absolute atomic E-state index is 12.4. The lowest BCUT2D eigenvalue weighted by atomic mass is 10.2. The number of hydrogen-bond acceptors (Lipinski definition) is 3. The molecule has 5 heteroatoms. The van der Waals surface area contributed by atoms with Crippen LogP contribution in [0.15, 0.2) is 30.5 Å². The summed E-state index contributed by atoms with van der Waals surface area (Å²) in [5.41, 5.74) is 1.91. The first-order chi connectivity index (χ1) is 9.27. The molecule has 3 rings (SSSR count). The molecule has 0 radical (unpaired) electrons. The third-order valence-corrected chi connectivity index (χ3v) is 3.46. The van der Waals surface area contributed by atoms with Gasteiger partial charge >= 0.3 is 0 Å². The summed E-state index contributed by atoms with van der Waals surface area (Å²) in [5.74, 6) is -0.0167. The zero-order valence-corrected chi connectivity index (χ0v) is 10.8. The Morgan fingerprint density at radius 1 is 1.42 bits per heavy atom. The summed E-state index contributed by atoms with van der Waals surface area (Å²) in [6.45, 7) is 1.96. The highest BCUT2D eigenvalue weighted by molar-refractivity contribution is 6.04. The van der Waals surface area contributed by atoms with E-state index >= 15 is 0 Å². The molecule has 1 aliphatic heterocycles. The second-order valence-electron chi connectivity index (χ2n) is 4.68. The van der Waals surface area contributed by atoms with E-state index < -0.39 is 6.10 Å². The number of amides is 1. The fraction of sp³-hybridized carbons (Fsp3) is 0.357. The minimum atomic E-state index is -0.396. The van der Waals surface area contributed by atoms with Gasteiger partial charge in [-0.25, -0.2) is 0 Å². The Kier molecular flexibility index (Phi) is 3.23. The lowest BCUT2D eigenvalue weighted by Crippen LogP contribution is -2.48. The van der Waals surface area contributed by atoms with E-state index in [1.807, 2.05) is 30.5 Å². The standard InChI is InChI=1S/C14H17N3O2/c1-17(14(18)13-9-15-6-7-19-13)12-8-16-11-5-3-2-4-10(11)12/h2-5,8,13,15-16H,6-7,9H2,1H3. The lowest BCUT2D eigenvalue weighted by molar-refractivity contribution is -0.131. The van der Waals surface area contributed by atoms with Crippen LogP contribution in [-0.2, 0) is 9.53 Å². The van der Waals surface area contributed by atoms with Crippen LogP contribution in [0, 0.1) is 0 Å². The van der Waals surface area contributed by atoms with Gasteiger partial charge in [0.2, 0.25) is 0 Å². The molecule has 5 nitrogen and oxygen atoms in total. The first-order valence-corrected chi connectivity index (χ1v) is 6.43. The average Bonchev–Trinajstić information content (AvgIpc) is 2.90. The van der Waals surface area contributed by atoms with Gasteiger partial charge in [0.15, 0.2) is 0 Å². The van der Waals surface area contributed by atoms with Crippen LogP contribution in [0.4, 0.5) is 5.69 Å². The maximum Gasteiger partial charge on any atom is 0.257 e. The Morgan fingerprint density at radius 2 is 2.26 bits per heavy atom. The molecule has 100 valence electrons. The van der Waals surface area contributed by atoms with Crippen molar-refractivity contribution in [3.8, 4) is 0 Å². The molecule has 1 unspecified atom stereocenters. The van der Waals surface area contributed by atoms with Crippen LogP contribution in [0.5, 0.6) is 0 Å². The fourth-order valence-electron chi connectivity index (χ4n) is 2.39. The number of aromatic nitrogens is 1. The Bertz CT molecular complexity index is 587. The van der Waals surface area contributed by atoms with Crippen LogP contribution in [0.1, 0.15) is 0 Å². The third-order valence-electron chi connectivity index (χ3n) is 3.46. The molecule has 1 aromatic heterocycles. The summed E-state index contributed by atoms with van der Waals surface area (Å²) in [6.07, 6.45) is 1.46. The van der Waals surface area contributed by atoms with Crippen LogP contribution >= 0.6 is 0 Å². The number of nitrogens with one attached hydrogen (secondary N) is 2. The number of rotatable bonds is 2. The number of morpholine rings is 1. The van der Waals surface area contributed by atoms with Crippen LogP contribution in [-0.4, -0.2) is 43.7 Å². The molecule has 1 fully saturated rings.